The Balaban J connectivity index is 0.943. The molecule has 0 aliphatic carbocycles. The van der Waals surface area contributed by atoms with Crippen LogP contribution in [0.3, 0.4) is 0 Å². The SMILES string of the molecule is CC(C)(C)c1cc2ccc3cc(C(C)(C)C)cc4c(-c5ccc6c(c5)N(c5ccc(-c7ccccc7)cc5)c5cc(N(c7ccc(-c8ccccc8)cc7)c7ccc(-c8ccccc8)cc7)cc7c5B6c5cc(-c6ccccc6)ccc5N7c5ccc(-c6ccccc6)cc5)cc(c1)c2c34. The van der Waals surface area contributed by atoms with E-state index in [1.54, 1.807) is 0 Å². The van der Waals surface area contributed by atoms with Crippen LogP contribution in [-0.4, -0.2) is 6.71 Å². The van der Waals surface area contributed by atoms with Gasteiger partial charge in [-0.2, -0.15) is 0 Å². The van der Waals surface area contributed by atoms with E-state index in [-0.39, 0.29) is 17.5 Å². The maximum absolute atomic E-state index is 2.61. The van der Waals surface area contributed by atoms with Crippen LogP contribution in [-0.2, 0) is 10.8 Å². The van der Waals surface area contributed by atoms with E-state index in [9.17, 15) is 0 Å². The van der Waals surface area contributed by atoms with Gasteiger partial charge in [0.15, 0.2) is 0 Å². The van der Waals surface area contributed by atoms with Gasteiger partial charge in [-0.3, -0.25) is 0 Å². The minimum atomic E-state index is -0.190. The molecule has 2 aliphatic heterocycles. The molecule has 0 saturated carbocycles. The Hall–Kier alpha value is -12.0. The summed E-state index contributed by atoms with van der Waals surface area (Å²) in [5.41, 5.74) is 30.2. The Labute approximate surface area is 587 Å². The van der Waals surface area contributed by atoms with Gasteiger partial charge in [-0.15, -0.1) is 0 Å². The van der Waals surface area contributed by atoms with Crippen molar-refractivity contribution >= 4 is 107 Å². The van der Waals surface area contributed by atoms with Crippen molar-refractivity contribution in [3.63, 3.8) is 0 Å². The van der Waals surface area contributed by atoms with Crippen LogP contribution in [0.25, 0.3) is 99.1 Å². The summed E-state index contributed by atoms with van der Waals surface area (Å²) in [5, 5.41) is 7.76. The first kappa shape index (κ1) is 60.4. The lowest BCUT2D eigenvalue weighted by molar-refractivity contribution is 0.591. The number of hydrogen-bond donors (Lipinski definition) is 0. The first-order chi connectivity index (χ1) is 48.8. The number of nitrogens with zero attached hydrogens (tertiary/aromatic N) is 3. The van der Waals surface area contributed by atoms with Crippen LogP contribution >= 0.6 is 0 Å². The van der Waals surface area contributed by atoms with Crippen molar-refractivity contribution < 1.29 is 0 Å². The first-order valence-electron chi connectivity index (χ1n) is 35.1. The highest BCUT2D eigenvalue weighted by atomic mass is 15.2. The maximum atomic E-state index is 2.61. The molecule has 16 aromatic carbocycles. The molecule has 0 radical (unpaired) electrons. The van der Waals surface area contributed by atoms with E-state index in [1.165, 1.54) is 110 Å². The lowest BCUT2D eigenvalue weighted by Crippen LogP contribution is -2.61. The summed E-state index contributed by atoms with van der Waals surface area (Å²) in [5.74, 6) is 0. The quantitative estimate of drug-likeness (QED) is 0.0944. The zero-order valence-electron chi connectivity index (χ0n) is 57.3. The highest BCUT2D eigenvalue weighted by Gasteiger charge is 2.45. The van der Waals surface area contributed by atoms with Gasteiger partial charge >= 0.3 is 0 Å². The van der Waals surface area contributed by atoms with Gasteiger partial charge in [0, 0.05) is 45.5 Å². The molecule has 2 heterocycles. The third-order valence-electron chi connectivity index (χ3n) is 21.0. The van der Waals surface area contributed by atoms with Gasteiger partial charge in [0.25, 0.3) is 6.71 Å². The van der Waals surface area contributed by atoms with E-state index in [0.29, 0.717) is 0 Å². The summed E-state index contributed by atoms with van der Waals surface area (Å²) in [6.45, 7) is 13.9. The molecule has 100 heavy (non-hydrogen) atoms. The molecule has 0 amide bonds. The number of benzene rings is 16. The van der Waals surface area contributed by atoms with Crippen molar-refractivity contribution in [2.75, 3.05) is 14.7 Å². The summed E-state index contributed by atoms with van der Waals surface area (Å²) in [7, 11) is 0. The second-order valence-corrected chi connectivity index (χ2v) is 29.3. The monoisotopic (exact) mass is 1280 g/mol. The summed E-state index contributed by atoms with van der Waals surface area (Å²) in [6.07, 6.45) is 0. The number of rotatable bonds is 11. The van der Waals surface area contributed by atoms with Crippen molar-refractivity contribution in [3.8, 4) is 66.8 Å². The number of anilines is 9. The molecule has 0 aromatic heterocycles. The predicted molar refractivity (Wildman–Crippen MR) is 429 cm³/mol. The predicted octanol–water partition coefficient (Wildman–Crippen LogP) is 24.7. The Morgan fingerprint density at radius 1 is 0.260 bits per heavy atom. The second kappa shape index (κ2) is 23.9. The van der Waals surface area contributed by atoms with Gasteiger partial charge in [0.2, 0.25) is 0 Å². The van der Waals surface area contributed by atoms with Gasteiger partial charge in [0.1, 0.15) is 0 Å². The zero-order chi connectivity index (χ0) is 67.4. The highest BCUT2D eigenvalue weighted by molar-refractivity contribution is 7.00. The van der Waals surface area contributed by atoms with Gasteiger partial charge in [0.05, 0.1) is 5.69 Å². The maximum Gasteiger partial charge on any atom is 0.252 e. The Bertz CT molecular complexity index is 5660. The van der Waals surface area contributed by atoms with Crippen LogP contribution in [0, 0.1) is 0 Å². The fraction of sp³-hybridized carbons (Fsp3) is 0.0833. The molecule has 4 heteroatoms. The largest absolute Gasteiger partial charge is 0.311 e. The lowest BCUT2D eigenvalue weighted by atomic mass is 9.33. The van der Waals surface area contributed by atoms with Crippen molar-refractivity contribution in [2.45, 2.75) is 52.4 Å². The Morgan fingerprint density at radius 3 is 1.10 bits per heavy atom. The van der Waals surface area contributed by atoms with Crippen LogP contribution in [0.4, 0.5) is 51.2 Å². The van der Waals surface area contributed by atoms with E-state index in [0.717, 1.165) is 67.9 Å². The van der Waals surface area contributed by atoms with Crippen LogP contribution in [0.1, 0.15) is 52.7 Å². The second-order valence-electron chi connectivity index (χ2n) is 29.3. The van der Waals surface area contributed by atoms with E-state index >= 15 is 0 Å². The topological polar surface area (TPSA) is 9.72 Å². The van der Waals surface area contributed by atoms with E-state index < -0.39 is 0 Å². The standard InChI is InChI=1S/C96H74BN3/c1-95(2,3)77-54-74-32-33-75-55-78(96(4,5)6)60-85-84(57-76(56-77)92(74)93(75)85)73-42-52-86-89(59-73)100(82-50-40-71(41-51-82)66-28-18-10-19-29-66)91-62-83(98(79-44-34-68(35-45-79)63-22-12-7-13-23-63)80-46-36-69(37-47-80)64-24-14-8-15-25-64)61-90-94(91)97(86)87-58-72(67-30-20-11-21-31-67)43-53-88(87)99(90)81-48-38-70(39-49-81)65-26-16-9-17-27-65/h7-62H,1-6H3. The molecule has 16 aromatic rings. The third kappa shape index (κ3) is 10.5. The highest BCUT2D eigenvalue weighted by Crippen LogP contribution is 2.51. The average Bonchev–Trinajstić information content (AvgIpc) is 0.698. The molecule has 2 aliphatic rings. The van der Waals surface area contributed by atoms with E-state index in [4.69, 9.17) is 0 Å². The van der Waals surface area contributed by atoms with Crippen molar-refractivity contribution in [1.82, 2.24) is 0 Å². The molecular weight excluding hydrogens is 1210 g/mol. The van der Waals surface area contributed by atoms with Crippen molar-refractivity contribution in [3.05, 3.63) is 351 Å². The summed E-state index contributed by atoms with van der Waals surface area (Å²) < 4.78 is 0. The fourth-order valence-corrected chi connectivity index (χ4v) is 15.9. The minimum absolute atomic E-state index is 0.0534. The van der Waals surface area contributed by atoms with E-state index in [1.807, 2.05) is 0 Å². The smallest absolute Gasteiger partial charge is 0.252 e. The average molecular weight is 1280 g/mol. The van der Waals surface area contributed by atoms with Crippen molar-refractivity contribution in [2.24, 2.45) is 0 Å². The molecule has 0 saturated heterocycles. The molecular formula is C96H74BN3. The molecule has 0 N–H and O–H groups in total. The molecule has 476 valence electrons. The minimum Gasteiger partial charge on any atom is -0.311 e. The van der Waals surface area contributed by atoms with E-state index in [2.05, 4.69) is 396 Å². The summed E-state index contributed by atoms with van der Waals surface area (Å²) in [4.78, 5) is 7.65. The molecule has 0 atom stereocenters. The molecule has 0 fully saturated rings. The van der Waals surface area contributed by atoms with Crippen LogP contribution in [0.2, 0.25) is 0 Å². The fourth-order valence-electron chi connectivity index (χ4n) is 15.9. The summed E-state index contributed by atoms with van der Waals surface area (Å²) >= 11 is 0. The van der Waals surface area contributed by atoms with Gasteiger partial charge in [-0.25, -0.2) is 0 Å². The van der Waals surface area contributed by atoms with Crippen LogP contribution in [0.15, 0.2) is 340 Å². The van der Waals surface area contributed by atoms with Crippen LogP contribution < -0.4 is 31.1 Å². The molecule has 0 bridgehead atoms. The van der Waals surface area contributed by atoms with Crippen molar-refractivity contribution in [1.29, 1.82) is 0 Å². The molecule has 18 rings (SSSR count). The first-order valence-corrected chi connectivity index (χ1v) is 35.1. The summed E-state index contributed by atoms with van der Waals surface area (Å²) in [6, 6.07) is 128. The molecule has 3 nitrogen and oxygen atoms in total. The van der Waals surface area contributed by atoms with Crippen LogP contribution in [0.5, 0.6) is 0 Å². The van der Waals surface area contributed by atoms with Gasteiger partial charge in [-0.05, 0) is 222 Å². The van der Waals surface area contributed by atoms with Gasteiger partial charge in [-0.1, -0.05) is 296 Å². The zero-order valence-corrected chi connectivity index (χ0v) is 57.3. The Morgan fingerprint density at radius 2 is 0.640 bits per heavy atom. The normalized spacial score (nSPS) is 12.6. The Kier molecular flexibility index (Phi) is 14.5. The molecule has 0 unspecified atom stereocenters. The number of fused-ring (bicyclic) bond motifs is 4. The number of hydrogen-bond acceptors (Lipinski definition) is 3. The third-order valence-corrected chi connectivity index (χ3v) is 21.0. The van der Waals surface area contributed by atoms with Gasteiger partial charge < -0.3 is 14.7 Å². The lowest BCUT2D eigenvalue weighted by Gasteiger charge is -2.45. The molecule has 0 spiro atoms.